The van der Waals surface area contributed by atoms with Gasteiger partial charge in [0.1, 0.15) is 5.76 Å². The molecule has 2 fully saturated rings. The van der Waals surface area contributed by atoms with E-state index in [0.717, 1.165) is 6.08 Å². The third kappa shape index (κ3) is 6.32. The fourth-order valence-electron chi connectivity index (χ4n) is 4.94. The lowest BCUT2D eigenvalue weighted by Crippen LogP contribution is -2.24. The average Bonchev–Trinajstić information content (AvgIpc) is 2.81. The summed E-state index contributed by atoms with van der Waals surface area (Å²) >= 11 is 0. The number of carbonyl (C=O) groups excluding carboxylic acids is 1. The first-order chi connectivity index (χ1) is 16.2. The number of hydrogen-bond donors (Lipinski definition) is 1. The van der Waals surface area contributed by atoms with E-state index < -0.39 is 35.1 Å². The van der Waals surface area contributed by atoms with Crippen LogP contribution in [0.5, 0.6) is 0 Å². The lowest BCUT2D eigenvalue weighted by atomic mass is 9.77. The molecule has 2 aliphatic rings. The highest BCUT2D eigenvalue weighted by molar-refractivity contribution is 5.74. The Hall–Kier alpha value is -2.54. The summed E-state index contributed by atoms with van der Waals surface area (Å²) in [5, 5.41) is 9.67. The van der Waals surface area contributed by atoms with Gasteiger partial charge in [-0.2, -0.15) is 0 Å². The number of carbonyl (C=O) groups is 1. The summed E-state index contributed by atoms with van der Waals surface area (Å²) in [7, 11) is 0. The highest BCUT2D eigenvalue weighted by Gasteiger charge is 2.32. The summed E-state index contributed by atoms with van der Waals surface area (Å²) in [6.45, 7) is 9.05. The van der Waals surface area contributed by atoms with Gasteiger partial charge in [0, 0.05) is 6.08 Å². The number of ether oxygens (including phenoxy) is 2. The maximum Gasteiger partial charge on any atom is 0.314 e. The molecule has 0 saturated heterocycles. The van der Waals surface area contributed by atoms with Crippen molar-refractivity contribution in [2.75, 3.05) is 6.61 Å². The van der Waals surface area contributed by atoms with Crippen molar-refractivity contribution in [3.8, 4) is 0 Å². The Morgan fingerprint density at radius 3 is 2.00 bits per heavy atom. The van der Waals surface area contributed by atoms with Crippen LogP contribution in [0.25, 0.3) is 0 Å². The standard InChI is InChI=1S/C27H33F3O4/c1-4-33-16(2)15-24(28)17(3)34-27(32)20-7-5-18(6-8-20)22-13-14-23(26(30)25(22)29)19-9-11-21(31)12-10-19/h13-15,18-21,31H,2-12H2,1H3/b24-15+. The summed E-state index contributed by atoms with van der Waals surface area (Å²) in [5.74, 6) is -4.10. The molecule has 0 aliphatic heterocycles. The minimum atomic E-state index is -0.842. The van der Waals surface area contributed by atoms with E-state index in [1.807, 2.05) is 0 Å². The van der Waals surface area contributed by atoms with Gasteiger partial charge in [-0.3, -0.25) is 4.79 Å². The number of aliphatic hydroxyl groups excluding tert-OH is 1. The molecule has 186 valence electrons. The van der Waals surface area contributed by atoms with Gasteiger partial charge in [0.05, 0.1) is 18.6 Å². The molecule has 2 aliphatic carbocycles. The first-order valence-corrected chi connectivity index (χ1v) is 12.0. The molecule has 1 aromatic carbocycles. The van der Waals surface area contributed by atoms with Gasteiger partial charge in [0.25, 0.3) is 0 Å². The van der Waals surface area contributed by atoms with Crippen molar-refractivity contribution >= 4 is 5.97 Å². The highest BCUT2D eigenvalue weighted by Crippen LogP contribution is 2.41. The van der Waals surface area contributed by atoms with Crippen LogP contribution in [-0.4, -0.2) is 23.8 Å². The van der Waals surface area contributed by atoms with Crippen LogP contribution in [0.1, 0.15) is 81.3 Å². The van der Waals surface area contributed by atoms with Crippen molar-refractivity contribution in [1.29, 1.82) is 0 Å². The monoisotopic (exact) mass is 478 g/mol. The number of esters is 1. The Bertz CT molecular complexity index is 939. The largest absolute Gasteiger partial charge is 0.494 e. The molecule has 0 amide bonds. The topological polar surface area (TPSA) is 55.8 Å². The maximum atomic E-state index is 15.0. The second kappa shape index (κ2) is 11.7. The number of allylic oxidation sites excluding steroid dienone is 2. The molecule has 34 heavy (non-hydrogen) atoms. The molecule has 3 rings (SSSR count). The maximum absolute atomic E-state index is 15.0. The van der Waals surface area contributed by atoms with Crippen LogP contribution in [0.15, 0.2) is 48.7 Å². The third-order valence-electron chi connectivity index (χ3n) is 6.89. The fraction of sp³-hybridized carbons (Fsp3) is 0.519. The number of halogens is 3. The van der Waals surface area contributed by atoms with Crippen LogP contribution in [0.3, 0.4) is 0 Å². The molecule has 1 N–H and O–H groups in total. The average molecular weight is 479 g/mol. The van der Waals surface area contributed by atoms with Gasteiger partial charge in [-0.05, 0) is 81.3 Å². The predicted octanol–water partition coefficient (Wildman–Crippen LogP) is 6.72. The Labute approximate surface area is 199 Å². The molecule has 0 spiro atoms. The van der Waals surface area contributed by atoms with Gasteiger partial charge in [0.15, 0.2) is 23.2 Å². The molecule has 0 aromatic heterocycles. The van der Waals surface area contributed by atoms with Crippen LogP contribution in [0.4, 0.5) is 13.2 Å². The van der Waals surface area contributed by atoms with Crippen molar-refractivity contribution in [2.45, 2.75) is 76.2 Å². The zero-order valence-electron chi connectivity index (χ0n) is 19.6. The Balaban J connectivity index is 1.57. The summed E-state index contributed by atoms with van der Waals surface area (Å²) < 4.78 is 54.1. The van der Waals surface area contributed by atoms with E-state index in [2.05, 4.69) is 13.2 Å². The lowest BCUT2D eigenvalue weighted by Gasteiger charge is -2.29. The second-order valence-electron chi connectivity index (χ2n) is 9.16. The number of rotatable bonds is 8. The molecular formula is C27H33F3O4. The van der Waals surface area contributed by atoms with E-state index >= 15 is 0 Å². The lowest BCUT2D eigenvalue weighted by molar-refractivity contribution is -0.145. The molecule has 0 unspecified atom stereocenters. The Morgan fingerprint density at radius 1 is 1.00 bits per heavy atom. The molecule has 0 radical (unpaired) electrons. The van der Waals surface area contributed by atoms with Gasteiger partial charge in [-0.25, -0.2) is 13.2 Å². The minimum Gasteiger partial charge on any atom is -0.494 e. The van der Waals surface area contributed by atoms with Crippen molar-refractivity contribution in [3.05, 3.63) is 71.5 Å². The van der Waals surface area contributed by atoms with Crippen LogP contribution in [-0.2, 0) is 14.3 Å². The van der Waals surface area contributed by atoms with Gasteiger partial charge < -0.3 is 14.6 Å². The molecule has 0 atom stereocenters. The van der Waals surface area contributed by atoms with E-state index in [4.69, 9.17) is 9.47 Å². The van der Waals surface area contributed by atoms with Crippen LogP contribution >= 0.6 is 0 Å². The predicted molar refractivity (Wildman–Crippen MR) is 123 cm³/mol. The van der Waals surface area contributed by atoms with Crippen molar-refractivity contribution in [1.82, 2.24) is 0 Å². The molecule has 2 saturated carbocycles. The highest BCUT2D eigenvalue weighted by atomic mass is 19.2. The first-order valence-electron chi connectivity index (χ1n) is 12.0. The normalized spacial score (nSPS) is 25.5. The summed E-state index contributed by atoms with van der Waals surface area (Å²) in [5.41, 5.74) is 0.711. The van der Waals surface area contributed by atoms with E-state index in [9.17, 15) is 23.1 Å². The Kier molecular flexibility index (Phi) is 9.00. The van der Waals surface area contributed by atoms with Gasteiger partial charge in [0.2, 0.25) is 0 Å². The second-order valence-corrected chi connectivity index (χ2v) is 9.16. The minimum absolute atomic E-state index is 0.0781. The van der Waals surface area contributed by atoms with Crippen molar-refractivity contribution in [2.24, 2.45) is 5.92 Å². The third-order valence-corrected chi connectivity index (χ3v) is 6.89. The van der Waals surface area contributed by atoms with Gasteiger partial charge >= 0.3 is 5.97 Å². The molecule has 4 nitrogen and oxygen atoms in total. The molecule has 7 heteroatoms. The zero-order valence-corrected chi connectivity index (χ0v) is 19.6. The van der Waals surface area contributed by atoms with Gasteiger partial charge in [-0.1, -0.05) is 25.3 Å². The quantitative estimate of drug-likeness (QED) is 0.256. The van der Waals surface area contributed by atoms with Gasteiger partial charge in [-0.15, -0.1) is 0 Å². The number of aliphatic hydroxyl groups is 1. The van der Waals surface area contributed by atoms with Crippen molar-refractivity contribution in [3.63, 3.8) is 0 Å². The zero-order chi connectivity index (χ0) is 24.8. The van der Waals surface area contributed by atoms with Crippen LogP contribution in [0.2, 0.25) is 0 Å². The van der Waals surface area contributed by atoms with Crippen molar-refractivity contribution < 1.29 is 32.5 Å². The van der Waals surface area contributed by atoms with E-state index in [1.165, 1.54) is 0 Å². The number of hydrogen-bond acceptors (Lipinski definition) is 4. The molecule has 0 heterocycles. The molecular weight excluding hydrogens is 445 g/mol. The van der Waals surface area contributed by atoms with Crippen LogP contribution < -0.4 is 0 Å². The van der Waals surface area contributed by atoms with E-state index in [-0.39, 0.29) is 23.7 Å². The first kappa shape index (κ1) is 26.1. The van der Waals surface area contributed by atoms with E-state index in [0.29, 0.717) is 69.1 Å². The number of benzene rings is 1. The Morgan fingerprint density at radius 2 is 1.50 bits per heavy atom. The van der Waals surface area contributed by atoms with Crippen LogP contribution in [0, 0.1) is 17.6 Å². The van der Waals surface area contributed by atoms with E-state index in [1.54, 1.807) is 19.1 Å². The smallest absolute Gasteiger partial charge is 0.314 e. The summed E-state index contributed by atoms with van der Waals surface area (Å²) in [6, 6.07) is 3.33. The molecule has 0 bridgehead atoms. The summed E-state index contributed by atoms with van der Waals surface area (Å²) in [4.78, 5) is 12.4. The fourth-order valence-corrected chi connectivity index (χ4v) is 4.94. The molecule has 1 aromatic rings. The SMILES string of the molecule is C=C(/C=C(/F)C(=C)OC(=O)C1CCC(c2ccc(C3CCC(O)CC3)c(F)c2F)CC1)OCC. The summed E-state index contributed by atoms with van der Waals surface area (Å²) in [6.07, 6.45) is 4.98.